The largest absolute Gasteiger partial charge is 0.351 e. The Bertz CT molecular complexity index is 746. The predicted molar refractivity (Wildman–Crippen MR) is 98.8 cm³/mol. The third-order valence-corrected chi connectivity index (χ3v) is 5.04. The van der Waals surface area contributed by atoms with Gasteiger partial charge in [-0.1, -0.05) is 36.4 Å². The highest BCUT2D eigenvalue weighted by molar-refractivity contribution is 7.09. The molecule has 130 valence electrons. The number of rotatable bonds is 6. The van der Waals surface area contributed by atoms with Crippen LogP contribution in [0.15, 0.2) is 53.9 Å². The minimum Gasteiger partial charge on any atom is -0.351 e. The summed E-state index contributed by atoms with van der Waals surface area (Å²) in [5.74, 6) is -0.257. The van der Waals surface area contributed by atoms with Crippen LogP contribution in [0.3, 0.4) is 0 Å². The van der Waals surface area contributed by atoms with Gasteiger partial charge in [0.2, 0.25) is 11.8 Å². The normalized spacial score (nSPS) is 14.5. The van der Waals surface area contributed by atoms with Gasteiger partial charge in [0.25, 0.3) is 0 Å². The molecule has 3 rings (SSSR count). The number of thiophene rings is 1. The lowest BCUT2D eigenvalue weighted by Crippen LogP contribution is -2.41. The van der Waals surface area contributed by atoms with Crippen LogP contribution < -0.4 is 11.1 Å². The van der Waals surface area contributed by atoms with Crippen molar-refractivity contribution in [1.82, 2.24) is 10.2 Å². The molecule has 5 nitrogen and oxygen atoms in total. The second-order valence-electron chi connectivity index (χ2n) is 6.00. The second kappa shape index (κ2) is 8.09. The van der Waals surface area contributed by atoms with Gasteiger partial charge >= 0.3 is 0 Å². The summed E-state index contributed by atoms with van der Waals surface area (Å²) in [5.41, 5.74) is 8.28. The van der Waals surface area contributed by atoms with E-state index in [4.69, 9.17) is 5.73 Å². The zero-order valence-electron chi connectivity index (χ0n) is 13.9. The SMILES string of the molecule is NC(Cc1cccs1)C(=O)NCC=CC(=O)N1Cc2ccccc2C1. The molecule has 25 heavy (non-hydrogen) atoms. The first-order valence-electron chi connectivity index (χ1n) is 8.21. The Morgan fingerprint density at radius 2 is 1.92 bits per heavy atom. The van der Waals surface area contributed by atoms with Crippen molar-refractivity contribution in [2.24, 2.45) is 5.73 Å². The topological polar surface area (TPSA) is 75.4 Å². The number of amides is 2. The van der Waals surface area contributed by atoms with E-state index in [9.17, 15) is 9.59 Å². The fourth-order valence-electron chi connectivity index (χ4n) is 2.78. The second-order valence-corrected chi connectivity index (χ2v) is 7.03. The van der Waals surface area contributed by atoms with Gasteiger partial charge in [-0.25, -0.2) is 0 Å². The fraction of sp³-hybridized carbons (Fsp3) is 0.263. The van der Waals surface area contributed by atoms with Crippen LogP contribution in [0.2, 0.25) is 0 Å². The Kier molecular flexibility index (Phi) is 5.63. The van der Waals surface area contributed by atoms with Crippen LogP contribution in [0.1, 0.15) is 16.0 Å². The summed E-state index contributed by atoms with van der Waals surface area (Å²) in [4.78, 5) is 27.0. The van der Waals surface area contributed by atoms with E-state index < -0.39 is 6.04 Å². The van der Waals surface area contributed by atoms with Crippen LogP contribution in [0.25, 0.3) is 0 Å². The molecule has 2 amide bonds. The molecule has 2 aromatic rings. The van der Waals surface area contributed by atoms with Crippen LogP contribution in [-0.2, 0) is 29.1 Å². The lowest BCUT2D eigenvalue weighted by molar-refractivity contribution is -0.126. The molecule has 0 saturated heterocycles. The molecule has 1 aromatic heterocycles. The summed E-state index contributed by atoms with van der Waals surface area (Å²) < 4.78 is 0. The average molecular weight is 355 g/mol. The average Bonchev–Trinajstić information content (AvgIpc) is 3.27. The number of hydrogen-bond acceptors (Lipinski definition) is 4. The highest BCUT2D eigenvalue weighted by atomic mass is 32.1. The maximum absolute atomic E-state index is 12.2. The highest BCUT2D eigenvalue weighted by Crippen LogP contribution is 2.22. The van der Waals surface area contributed by atoms with E-state index in [0.717, 1.165) is 4.88 Å². The number of nitrogens with zero attached hydrogens (tertiary/aromatic N) is 1. The van der Waals surface area contributed by atoms with Crippen molar-refractivity contribution in [3.63, 3.8) is 0 Å². The van der Waals surface area contributed by atoms with Gasteiger partial charge in [0.15, 0.2) is 0 Å². The molecule has 0 spiro atoms. The molecule has 1 aromatic carbocycles. The fourth-order valence-corrected chi connectivity index (χ4v) is 3.55. The van der Waals surface area contributed by atoms with Crippen molar-refractivity contribution >= 4 is 23.2 Å². The smallest absolute Gasteiger partial charge is 0.246 e. The van der Waals surface area contributed by atoms with Gasteiger partial charge in [-0.15, -0.1) is 11.3 Å². The lowest BCUT2D eigenvalue weighted by atomic mass is 10.1. The number of nitrogens with one attached hydrogen (secondary N) is 1. The molecule has 1 atom stereocenters. The van der Waals surface area contributed by atoms with Crippen molar-refractivity contribution in [2.75, 3.05) is 6.54 Å². The van der Waals surface area contributed by atoms with Gasteiger partial charge < -0.3 is 16.0 Å². The Hall–Kier alpha value is -2.44. The summed E-state index contributed by atoms with van der Waals surface area (Å²) in [6.45, 7) is 1.57. The van der Waals surface area contributed by atoms with Crippen molar-refractivity contribution in [1.29, 1.82) is 0 Å². The van der Waals surface area contributed by atoms with Gasteiger partial charge in [-0.05, 0) is 22.6 Å². The zero-order valence-corrected chi connectivity index (χ0v) is 14.7. The highest BCUT2D eigenvalue weighted by Gasteiger charge is 2.21. The molecule has 1 aliphatic heterocycles. The first-order chi connectivity index (χ1) is 12.1. The van der Waals surface area contributed by atoms with Crippen LogP contribution in [-0.4, -0.2) is 29.3 Å². The molecule has 3 N–H and O–H groups in total. The van der Waals surface area contributed by atoms with Gasteiger partial charge in [-0.2, -0.15) is 0 Å². The van der Waals surface area contributed by atoms with E-state index in [0.29, 0.717) is 26.1 Å². The quantitative estimate of drug-likeness (QED) is 0.777. The van der Waals surface area contributed by atoms with Crippen molar-refractivity contribution < 1.29 is 9.59 Å². The molecule has 0 bridgehead atoms. The van der Waals surface area contributed by atoms with Crippen LogP contribution in [0.5, 0.6) is 0 Å². The van der Waals surface area contributed by atoms with Gasteiger partial charge in [0, 0.05) is 37.0 Å². The van der Waals surface area contributed by atoms with E-state index in [1.807, 2.05) is 41.8 Å². The first-order valence-corrected chi connectivity index (χ1v) is 9.09. The summed E-state index contributed by atoms with van der Waals surface area (Å²) in [6, 6.07) is 11.4. The minimum atomic E-state index is -0.573. The summed E-state index contributed by atoms with van der Waals surface area (Å²) in [7, 11) is 0. The standard InChI is InChI=1S/C19H21N3O2S/c20-17(11-16-7-4-10-25-16)19(24)21-9-3-8-18(23)22-12-14-5-1-2-6-15(14)13-22/h1-8,10,17H,9,11-13,20H2,(H,21,24). The van der Waals surface area contributed by atoms with Gasteiger partial charge in [0.05, 0.1) is 6.04 Å². The summed E-state index contributed by atoms with van der Waals surface area (Å²) in [5, 5.41) is 4.70. The molecule has 0 radical (unpaired) electrons. The van der Waals surface area contributed by atoms with E-state index in [1.54, 1.807) is 22.3 Å². The van der Waals surface area contributed by atoms with Crippen molar-refractivity contribution in [3.05, 3.63) is 69.9 Å². The van der Waals surface area contributed by atoms with Gasteiger partial charge in [0.1, 0.15) is 0 Å². The van der Waals surface area contributed by atoms with Crippen molar-refractivity contribution in [2.45, 2.75) is 25.6 Å². The van der Waals surface area contributed by atoms with Crippen LogP contribution >= 0.6 is 11.3 Å². The van der Waals surface area contributed by atoms with E-state index in [2.05, 4.69) is 5.32 Å². The summed E-state index contributed by atoms with van der Waals surface area (Å²) in [6.07, 6.45) is 3.70. The maximum Gasteiger partial charge on any atom is 0.246 e. The number of benzene rings is 1. The molecular formula is C19H21N3O2S. The molecule has 0 aliphatic carbocycles. The molecule has 6 heteroatoms. The van der Waals surface area contributed by atoms with Crippen LogP contribution in [0, 0.1) is 0 Å². The Morgan fingerprint density at radius 1 is 1.20 bits per heavy atom. The molecule has 2 heterocycles. The number of hydrogen-bond donors (Lipinski definition) is 2. The molecular weight excluding hydrogens is 334 g/mol. The van der Waals surface area contributed by atoms with Crippen LogP contribution in [0.4, 0.5) is 0 Å². The number of carbonyl (C=O) groups excluding carboxylic acids is 2. The van der Waals surface area contributed by atoms with E-state index in [1.165, 1.54) is 17.2 Å². The van der Waals surface area contributed by atoms with Crippen molar-refractivity contribution in [3.8, 4) is 0 Å². The maximum atomic E-state index is 12.2. The number of fused-ring (bicyclic) bond motifs is 1. The molecule has 0 fully saturated rings. The minimum absolute atomic E-state index is 0.0478. The molecule has 1 aliphatic rings. The van der Waals surface area contributed by atoms with Gasteiger partial charge in [-0.3, -0.25) is 9.59 Å². The van der Waals surface area contributed by atoms with E-state index in [-0.39, 0.29) is 11.8 Å². The Labute approximate surface area is 151 Å². The number of carbonyl (C=O) groups is 2. The predicted octanol–water partition coefficient (Wildman–Crippen LogP) is 1.83. The Balaban J connectivity index is 1.41. The Morgan fingerprint density at radius 3 is 2.56 bits per heavy atom. The number of nitrogens with two attached hydrogens (primary N) is 1. The first kappa shape index (κ1) is 17.4. The lowest BCUT2D eigenvalue weighted by Gasteiger charge is -2.12. The third kappa shape index (κ3) is 4.55. The molecule has 0 saturated carbocycles. The summed E-state index contributed by atoms with van der Waals surface area (Å²) >= 11 is 1.59. The zero-order chi connectivity index (χ0) is 17.6. The third-order valence-electron chi connectivity index (χ3n) is 4.15. The molecule has 1 unspecified atom stereocenters. The van der Waals surface area contributed by atoms with E-state index >= 15 is 0 Å². The monoisotopic (exact) mass is 355 g/mol.